The van der Waals surface area contributed by atoms with Crippen molar-refractivity contribution >= 4 is 17.6 Å². The van der Waals surface area contributed by atoms with Crippen molar-refractivity contribution in [1.82, 2.24) is 5.32 Å². The van der Waals surface area contributed by atoms with Crippen molar-refractivity contribution in [3.63, 3.8) is 0 Å². The normalized spacial score (nSPS) is 10.2. The second-order valence-electron chi connectivity index (χ2n) is 5.15. The van der Waals surface area contributed by atoms with Gasteiger partial charge in [0.25, 0.3) is 11.6 Å². The van der Waals surface area contributed by atoms with Gasteiger partial charge in [0.1, 0.15) is 5.82 Å². The van der Waals surface area contributed by atoms with Crippen LogP contribution in [-0.2, 0) is 11.2 Å². The molecule has 0 aliphatic heterocycles. The van der Waals surface area contributed by atoms with Crippen LogP contribution < -0.4 is 5.32 Å². The summed E-state index contributed by atoms with van der Waals surface area (Å²) in [5.74, 6) is -1.73. The molecule has 0 saturated heterocycles. The molecule has 0 aliphatic rings. The first-order valence-electron chi connectivity index (χ1n) is 7.31. The molecule has 2 aromatic rings. The fraction of sp³-hybridized carbons (Fsp3) is 0.176. The third-order valence-corrected chi connectivity index (χ3v) is 3.40. The Morgan fingerprint density at radius 2 is 1.92 bits per heavy atom. The van der Waals surface area contributed by atoms with Crippen molar-refractivity contribution < 1.29 is 23.6 Å². The molecule has 1 N–H and O–H groups in total. The monoisotopic (exact) mass is 346 g/mol. The number of amides is 1. The number of nitro benzene ring substituents is 1. The molecule has 0 unspecified atom stereocenters. The summed E-state index contributed by atoms with van der Waals surface area (Å²) in [5.41, 5.74) is 0.189. The first kappa shape index (κ1) is 18.1. The maximum atomic E-state index is 13.1. The molecule has 7 nitrogen and oxygen atoms in total. The van der Waals surface area contributed by atoms with Crippen LogP contribution in [0.15, 0.2) is 42.5 Å². The van der Waals surface area contributed by atoms with E-state index in [0.717, 1.165) is 19.2 Å². The van der Waals surface area contributed by atoms with E-state index in [1.165, 1.54) is 18.2 Å². The molecule has 0 spiro atoms. The summed E-state index contributed by atoms with van der Waals surface area (Å²) in [4.78, 5) is 34.0. The number of rotatable bonds is 6. The van der Waals surface area contributed by atoms with Crippen LogP contribution in [0.25, 0.3) is 0 Å². The highest BCUT2D eigenvalue weighted by molar-refractivity contribution is 5.98. The predicted octanol–water partition coefficient (Wildman–Crippen LogP) is 2.49. The summed E-state index contributed by atoms with van der Waals surface area (Å²) in [5, 5.41) is 13.5. The van der Waals surface area contributed by atoms with Gasteiger partial charge in [-0.3, -0.25) is 14.9 Å². The van der Waals surface area contributed by atoms with E-state index in [0.29, 0.717) is 12.0 Å². The highest BCUT2D eigenvalue weighted by atomic mass is 19.1. The molecular weight excluding hydrogens is 331 g/mol. The molecule has 0 atom stereocenters. The molecule has 8 heteroatoms. The summed E-state index contributed by atoms with van der Waals surface area (Å²) < 4.78 is 17.6. The average Bonchev–Trinajstić information content (AvgIpc) is 2.60. The molecule has 1 amide bonds. The zero-order chi connectivity index (χ0) is 18.4. The molecule has 130 valence electrons. The van der Waals surface area contributed by atoms with Gasteiger partial charge in [0.15, 0.2) is 0 Å². The topological polar surface area (TPSA) is 98.5 Å². The number of benzene rings is 2. The fourth-order valence-corrected chi connectivity index (χ4v) is 2.20. The van der Waals surface area contributed by atoms with Gasteiger partial charge >= 0.3 is 5.97 Å². The Labute approximate surface area is 142 Å². The highest BCUT2D eigenvalue weighted by Crippen LogP contribution is 2.18. The van der Waals surface area contributed by atoms with Crippen LogP contribution in [0.2, 0.25) is 0 Å². The van der Waals surface area contributed by atoms with Gasteiger partial charge < -0.3 is 10.1 Å². The number of hydrogen-bond acceptors (Lipinski definition) is 5. The lowest BCUT2D eigenvalue weighted by Gasteiger charge is -2.07. The molecule has 0 heterocycles. The van der Waals surface area contributed by atoms with Gasteiger partial charge in [0.05, 0.1) is 17.6 Å². The highest BCUT2D eigenvalue weighted by Gasteiger charge is 2.18. The van der Waals surface area contributed by atoms with Gasteiger partial charge in [-0.25, -0.2) is 9.18 Å². The number of methoxy groups -OCH3 is 1. The molecule has 25 heavy (non-hydrogen) atoms. The summed E-state index contributed by atoms with van der Waals surface area (Å²) in [6, 6.07) is 9.29. The SMILES string of the molecule is COC(=O)c1cc(C(=O)NCCc2cccc(F)c2)cc([N+](=O)[O-])c1. The predicted molar refractivity (Wildman–Crippen MR) is 86.9 cm³/mol. The molecular formula is C17H15FN2O5. The number of esters is 1. The van der Waals surface area contributed by atoms with Crippen molar-refractivity contribution in [3.05, 3.63) is 75.1 Å². The first-order valence-corrected chi connectivity index (χ1v) is 7.31. The van der Waals surface area contributed by atoms with Crippen LogP contribution in [0.4, 0.5) is 10.1 Å². The van der Waals surface area contributed by atoms with Crippen molar-refractivity contribution in [3.8, 4) is 0 Å². The summed E-state index contributed by atoms with van der Waals surface area (Å²) >= 11 is 0. The molecule has 0 saturated carbocycles. The van der Waals surface area contributed by atoms with Crippen LogP contribution in [0.3, 0.4) is 0 Å². The van der Waals surface area contributed by atoms with Crippen molar-refractivity contribution in [1.29, 1.82) is 0 Å². The third-order valence-electron chi connectivity index (χ3n) is 3.40. The van der Waals surface area contributed by atoms with E-state index >= 15 is 0 Å². The van der Waals surface area contributed by atoms with E-state index in [9.17, 15) is 24.1 Å². The Morgan fingerprint density at radius 3 is 2.56 bits per heavy atom. The largest absolute Gasteiger partial charge is 0.465 e. The number of carbonyl (C=O) groups is 2. The number of non-ortho nitro benzene ring substituents is 1. The smallest absolute Gasteiger partial charge is 0.338 e. The van der Waals surface area contributed by atoms with Gasteiger partial charge in [-0.2, -0.15) is 0 Å². The Morgan fingerprint density at radius 1 is 1.20 bits per heavy atom. The van der Waals surface area contributed by atoms with Gasteiger partial charge in [-0.05, 0) is 30.2 Å². The molecule has 2 rings (SSSR count). The number of nitrogens with one attached hydrogen (secondary N) is 1. The second kappa shape index (κ2) is 8.00. The summed E-state index contributed by atoms with van der Waals surface area (Å²) in [6.07, 6.45) is 0.391. The standard InChI is InChI=1S/C17H15FN2O5/c1-25-17(22)13-8-12(9-15(10-13)20(23)24)16(21)19-6-5-11-3-2-4-14(18)7-11/h2-4,7-10H,5-6H2,1H3,(H,19,21). The molecule has 2 aromatic carbocycles. The Hall–Kier alpha value is -3.29. The van der Waals surface area contributed by atoms with Crippen LogP contribution in [0, 0.1) is 15.9 Å². The molecule has 0 aliphatic carbocycles. The number of hydrogen-bond donors (Lipinski definition) is 1. The Balaban J connectivity index is 2.11. The van der Waals surface area contributed by atoms with E-state index in [1.54, 1.807) is 12.1 Å². The number of nitro groups is 1. The second-order valence-corrected chi connectivity index (χ2v) is 5.15. The third kappa shape index (κ3) is 4.84. The van der Waals surface area contributed by atoms with E-state index < -0.39 is 22.5 Å². The van der Waals surface area contributed by atoms with Gasteiger partial charge in [0, 0.05) is 24.2 Å². The molecule has 0 aromatic heterocycles. The lowest BCUT2D eigenvalue weighted by molar-refractivity contribution is -0.384. The van der Waals surface area contributed by atoms with Gasteiger partial charge in [-0.1, -0.05) is 12.1 Å². The zero-order valence-electron chi connectivity index (χ0n) is 13.3. The zero-order valence-corrected chi connectivity index (χ0v) is 13.3. The molecule has 0 bridgehead atoms. The molecule has 0 radical (unpaired) electrons. The van der Waals surface area contributed by atoms with Crippen molar-refractivity contribution in [2.45, 2.75) is 6.42 Å². The van der Waals surface area contributed by atoms with Gasteiger partial charge in [-0.15, -0.1) is 0 Å². The van der Waals surface area contributed by atoms with Crippen LogP contribution in [0.5, 0.6) is 0 Å². The number of nitrogens with zero attached hydrogens (tertiary/aromatic N) is 1. The summed E-state index contributed by atoms with van der Waals surface area (Å²) in [6.45, 7) is 0.207. The average molecular weight is 346 g/mol. The maximum absolute atomic E-state index is 13.1. The van der Waals surface area contributed by atoms with Gasteiger partial charge in [0.2, 0.25) is 0 Å². The van der Waals surface area contributed by atoms with Crippen LogP contribution in [-0.4, -0.2) is 30.5 Å². The van der Waals surface area contributed by atoms with E-state index in [2.05, 4.69) is 10.1 Å². The number of carbonyl (C=O) groups excluding carboxylic acids is 2. The van der Waals surface area contributed by atoms with E-state index in [-0.39, 0.29) is 23.5 Å². The van der Waals surface area contributed by atoms with E-state index in [4.69, 9.17) is 0 Å². The quantitative estimate of drug-likeness (QED) is 0.492. The lowest BCUT2D eigenvalue weighted by Crippen LogP contribution is -2.26. The first-order chi connectivity index (χ1) is 11.9. The number of ether oxygens (including phenoxy) is 1. The maximum Gasteiger partial charge on any atom is 0.338 e. The van der Waals surface area contributed by atoms with Crippen molar-refractivity contribution in [2.75, 3.05) is 13.7 Å². The minimum absolute atomic E-state index is 0.0335. The van der Waals surface area contributed by atoms with Crippen molar-refractivity contribution in [2.24, 2.45) is 0 Å². The molecule has 0 fully saturated rings. The number of halogens is 1. The summed E-state index contributed by atoms with van der Waals surface area (Å²) in [7, 11) is 1.14. The minimum atomic E-state index is -0.780. The van der Waals surface area contributed by atoms with Crippen LogP contribution in [0.1, 0.15) is 26.3 Å². The Kier molecular flexibility index (Phi) is 5.78. The van der Waals surface area contributed by atoms with Crippen LogP contribution >= 0.6 is 0 Å². The minimum Gasteiger partial charge on any atom is -0.465 e. The Bertz CT molecular complexity index is 822. The lowest BCUT2D eigenvalue weighted by atomic mass is 10.1. The fourth-order valence-electron chi connectivity index (χ4n) is 2.20. The van der Waals surface area contributed by atoms with E-state index in [1.807, 2.05) is 0 Å².